The van der Waals surface area contributed by atoms with E-state index in [0.717, 1.165) is 6.92 Å². The van der Waals surface area contributed by atoms with Crippen molar-refractivity contribution >= 4 is 58.2 Å². The molecule has 0 aromatic heterocycles. The average molecular weight is 377 g/mol. The summed E-state index contributed by atoms with van der Waals surface area (Å²) in [5, 5.41) is 3.28. The van der Waals surface area contributed by atoms with E-state index in [1.165, 1.54) is 0 Å². The first-order chi connectivity index (χ1) is 9.82. The molecular weight excluding hydrogens is 360 g/mol. The fourth-order valence-corrected chi connectivity index (χ4v) is 1.09. The highest BCUT2D eigenvalue weighted by molar-refractivity contribution is 6.67. The van der Waals surface area contributed by atoms with Crippen LogP contribution in [0.4, 0.5) is 0 Å². The Bertz CT molecular complexity index is 464. The number of alkyl halides is 3. The SMILES string of the molecule is CC(=O)C(=NOCC(=O)OCC(Cl)(Cl)Cl)C(=O)OC(C)(C)C. The molecule has 0 fully saturated rings. The summed E-state index contributed by atoms with van der Waals surface area (Å²) in [6.07, 6.45) is 0. The molecule has 0 aromatic rings. The molecule has 0 saturated carbocycles. The smallest absolute Gasteiger partial charge is 0.364 e. The van der Waals surface area contributed by atoms with E-state index < -0.39 is 46.0 Å². The molecule has 0 amide bonds. The summed E-state index contributed by atoms with van der Waals surface area (Å²) in [6.45, 7) is 4.83. The molecule has 10 heteroatoms. The summed E-state index contributed by atoms with van der Waals surface area (Å²) in [5.74, 6) is -2.53. The molecule has 0 aliphatic rings. The number of ether oxygens (including phenoxy) is 2. The van der Waals surface area contributed by atoms with E-state index in [-0.39, 0.29) is 0 Å². The Hall–Kier alpha value is -1.05. The second-order valence-corrected chi connectivity index (χ2v) is 7.56. The summed E-state index contributed by atoms with van der Waals surface area (Å²) in [7, 11) is 0. The molecular formula is C12H16Cl3NO6. The van der Waals surface area contributed by atoms with Crippen molar-refractivity contribution < 1.29 is 28.7 Å². The molecule has 126 valence electrons. The summed E-state index contributed by atoms with van der Waals surface area (Å²) in [4.78, 5) is 38.9. The van der Waals surface area contributed by atoms with E-state index in [2.05, 4.69) is 14.7 Å². The predicted octanol–water partition coefficient (Wildman–Crippen LogP) is 2.20. The fourth-order valence-electron chi connectivity index (χ4n) is 0.925. The summed E-state index contributed by atoms with van der Waals surface area (Å²) in [6, 6.07) is 0. The van der Waals surface area contributed by atoms with Crippen molar-refractivity contribution in [1.29, 1.82) is 0 Å². The summed E-state index contributed by atoms with van der Waals surface area (Å²) in [5.41, 5.74) is -1.39. The van der Waals surface area contributed by atoms with E-state index in [1.807, 2.05) is 0 Å². The van der Waals surface area contributed by atoms with Gasteiger partial charge in [0.1, 0.15) is 12.2 Å². The quantitative estimate of drug-likeness (QED) is 0.232. The molecule has 0 radical (unpaired) electrons. The number of hydrogen-bond acceptors (Lipinski definition) is 7. The normalized spacial score (nSPS) is 12.6. The van der Waals surface area contributed by atoms with Gasteiger partial charge in [0.25, 0.3) is 0 Å². The molecule has 0 heterocycles. The number of nitrogens with zero attached hydrogens (tertiary/aromatic N) is 1. The molecule has 0 aromatic carbocycles. The van der Waals surface area contributed by atoms with Gasteiger partial charge < -0.3 is 14.3 Å². The third-order valence-electron chi connectivity index (χ3n) is 1.66. The van der Waals surface area contributed by atoms with Crippen molar-refractivity contribution in [3.63, 3.8) is 0 Å². The molecule has 0 N–H and O–H groups in total. The van der Waals surface area contributed by atoms with Gasteiger partial charge in [-0.1, -0.05) is 40.0 Å². The first-order valence-corrected chi connectivity index (χ1v) is 7.12. The maximum absolute atomic E-state index is 11.7. The third-order valence-corrected chi connectivity index (χ3v) is 1.99. The van der Waals surface area contributed by atoms with Crippen LogP contribution in [0.5, 0.6) is 0 Å². The van der Waals surface area contributed by atoms with Gasteiger partial charge in [-0.15, -0.1) is 0 Å². The first kappa shape index (κ1) is 20.9. The van der Waals surface area contributed by atoms with Crippen molar-refractivity contribution in [2.24, 2.45) is 5.16 Å². The van der Waals surface area contributed by atoms with E-state index in [1.54, 1.807) is 20.8 Å². The van der Waals surface area contributed by atoms with Crippen LogP contribution >= 0.6 is 34.8 Å². The van der Waals surface area contributed by atoms with Crippen molar-refractivity contribution in [1.82, 2.24) is 0 Å². The lowest BCUT2D eigenvalue weighted by molar-refractivity contribution is -0.150. The number of esters is 2. The summed E-state index contributed by atoms with van der Waals surface area (Å²) < 4.78 is 7.78. The highest BCUT2D eigenvalue weighted by Crippen LogP contribution is 2.25. The Morgan fingerprint density at radius 1 is 1.09 bits per heavy atom. The Balaban J connectivity index is 4.55. The number of Topliss-reactive ketones (excluding diaryl/α,β-unsaturated/α-hetero) is 1. The van der Waals surface area contributed by atoms with Crippen LogP contribution in [0.2, 0.25) is 0 Å². The van der Waals surface area contributed by atoms with Gasteiger partial charge in [0.2, 0.25) is 16.1 Å². The number of hydrogen-bond donors (Lipinski definition) is 0. The van der Waals surface area contributed by atoms with Crippen LogP contribution in [0.3, 0.4) is 0 Å². The van der Waals surface area contributed by atoms with Gasteiger partial charge in [0, 0.05) is 6.92 Å². The van der Waals surface area contributed by atoms with E-state index in [4.69, 9.17) is 39.5 Å². The summed E-state index contributed by atoms with van der Waals surface area (Å²) >= 11 is 16.2. The number of rotatable bonds is 6. The highest BCUT2D eigenvalue weighted by Gasteiger charge is 2.25. The molecule has 0 aliphatic heterocycles. The zero-order valence-corrected chi connectivity index (χ0v) is 14.7. The number of ketones is 1. The van der Waals surface area contributed by atoms with E-state index >= 15 is 0 Å². The number of halogens is 3. The minimum Gasteiger partial charge on any atom is -0.459 e. The van der Waals surface area contributed by atoms with Gasteiger partial charge in [-0.3, -0.25) is 4.79 Å². The minimum atomic E-state index is -1.75. The Labute approximate surface area is 142 Å². The Morgan fingerprint density at radius 3 is 2.05 bits per heavy atom. The molecule has 0 aliphatic carbocycles. The second-order valence-electron chi connectivity index (χ2n) is 5.05. The monoisotopic (exact) mass is 375 g/mol. The second kappa shape index (κ2) is 8.55. The zero-order chi connectivity index (χ0) is 17.6. The topological polar surface area (TPSA) is 91.3 Å². The molecule has 0 spiro atoms. The Kier molecular flexibility index (Phi) is 8.14. The standard InChI is InChI=1S/C12H16Cl3NO6/c1-7(17)9(10(19)22-11(2,3)4)16-21-5-8(18)20-6-12(13,14)15/h5-6H2,1-4H3. The van der Waals surface area contributed by atoms with Crippen molar-refractivity contribution in [3.8, 4) is 0 Å². The van der Waals surface area contributed by atoms with Gasteiger partial charge in [0.05, 0.1) is 0 Å². The number of carbonyl (C=O) groups is 3. The van der Waals surface area contributed by atoms with Crippen LogP contribution in [0.1, 0.15) is 27.7 Å². The van der Waals surface area contributed by atoms with Crippen LogP contribution in [-0.2, 0) is 28.7 Å². The van der Waals surface area contributed by atoms with Crippen LogP contribution in [0, 0.1) is 0 Å². The van der Waals surface area contributed by atoms with Gasteiger partial charge >= 0.3 is 11.9 Å². The van der Waals surface area contributed by atoms with E-state index in [0.29, 0.717) is 0 Å². The first-order valence-electron chi connectivity index (χ1n) is 5.98. The van der Waals surface area contributed by atoms with Crippen LogP contribution < -0.4 is 0 Å². The maximum atomic E-state index is 11.7. The zero-order valence-electron chi connectivity index (χ0n) is 12.4. The van der Waals surface area contributed by atoms with Gasteiger partial charge in [-0.25, -0.2) is 9.59 Å². The van der Waals surface area contributed by atoms with Gasteiger partial charge in [-0.05, 0) is 20.8 Å². The lowest BCUT2D eigenvalue weighted by Gasteiger charge is -2.19. The van der Waals surface area contributed by atoms with Crippen molar-refractivity contribution in [2.45, 2.75) is 37.1 Å². The Morgan fingerprint density at radius 2 is 1.64 bits per heavy atom. The number of carbonyl (C=O) groups excluding carboxylic acids is 3. The van der Waals surface area contributed by atoms with Crippen LogP contribution in [0.15, 0.2) is 5.16 Å². The van der Waals surface area contributed by atoms with Crippen molar-refractivity contribution in [2.75, 3.05) is 13.2 Å². The molecule has 0 rings (SSSR count). The average Bonchev–Trinajstić information content (AvgIpc) is 2.28. The van der Waals surface area contributed by atoms with Crippen LogP contribution in [0.25, 0.3) is 0 Å². The van der Waals surface area contributed by atoms with Crippen LogP contribution in [-0.4, -0.2) is 46.0 Å². The minimum absolute atomic E-state index is 0.477. The van der Waals surface area contributed by atoms with E-state index in [9.17, 15) is 14.4 Å². The largest absolute Gasteiger partial charge is 0.459 e. The fraction of sp³-hybridized carbons (Fsp3) is 0.667. The molecule has 0 saturated heterocycles. The number of oxime groups is 1. The maximum Gasteiger partial charge on any atom is 0.364 e. The molecule has 22 heavy (non-hydrogen) atoms. The van der Waals surface area contributed by atoms with Gasteiger partial charge in [-0.2, -0.15) is 0 Å². The van der Waals surface area contributed by atoms with Gasteiger partial charge in [0.15, 0.2) is 5.78 Å². The van der Waals surface area contributed by atoms with Crippen molar-refractivity contribution in [3.05, 3.63) is 0 Å². The molecule has 0 atom stereocenters. The molecule has 7 nitrogen and oxygen atoms in total. The lowest BCUT2D eigenvalue weighted by Crippen LogP contribution is -2.32. The third kappa shape index (κ3) is 10.6. The highest BCUT2D eigenvalue weighted by atomic mass is 35.6. The molecule has 0 bridgehead atoms. The lowest BCUT2D eigenvalue weighted by atomic mass is 10.2. The molecule has 0 unspecified atom stereocenters. The predicted molar refractivity (Wildman–Crippen MR) is 81.2 cm³/mol.